The lowest BCUT2D eigenvalue weighted by Gasteiger charge is -2.53. The number of hydrogen-bond acceptors (Lipinski definition) is 7. The topological polar surface area (TPSA) is 131 Å². The molecule has 0 radical (unpaired) electrons. The molecule has 0 unspecified atom stereocenters. The van der Waals surface area contributed by atoms with Crippen molar-refractivity contribution in [2.75, 3.05) is 32.8 Å². The highest BCUT2D eigenvalue weighted by molar-refractivity contribution is 7.89. The van der Waals surface area contributed by atoms with Crippen LogP contribution >= 0.6 is 0 Å². The van der Waals surface area contributed by atoms with Crippen LogP contribution in [0.2, 0.25) is 0 Å². The molecule has 0 amide bonds. The molecule has 3 saturated heterocycles. The van der Waals surface area contributed by atoms with E-state index in [2.05, 4.69) is 51.6 Å². The first kappa shape index (κ1) is 44.7. The lowest BCUT2D eigenvalue weighted by atomic mass is 9.63. The summed E-state index contributed by atoms with van der Waals surface area (Å²) in [5.41, 5.74) is 4.11. The fourth-order valence-electron chi connectivity index (χ4n) is 9.51. The lowest BCUT2D eigenvalue weighted by molar-refractivity contribution is -0.166. The number of piperidine rings is 2. The zero-order valence-corrected chi connectivity index (χ0v) is 37.5. The number of carbonyl (C=O) groups is 1. The first-order valence-corrected chi connectivity index (χ1v) is 24.3. The number of carboxylic acid groups (broad SMARTS) is 1. The Balaban J connectivity index is 1.18. The first-order chi connectivity index (χ1) is 29.0. The first-order valence-electron chi connectivity index (χ1n) is 21.4. The summed E-state index contributed by atoms with van der Waals surface area (Å²) >= 11 is 0. The average molecular weight is 869 g/mol. The molecule has 0 bridgehead atoms. The van der Waals surface area contributed by atoms with Crippen molar-refractivity contribution >= 4 is 26.0 Å². The molecular formula is C49H60N2O8S2. The van der Waals surface area contributed by atoms with E-state index in [0.717, 1.165) is 36.0 Å². The van der Waals surface area contributed by atoms with Gasteiger partial charge in [0.2, 0.25) is 20.0 Å². The quantitative estimate of drug-likeness (QED) is 0.132. The van der Waals surface area contributed by atoms with Crippen LogP contribution in [0.1, 0.15) is 88.2 Å². The van der Waals surface area contributed by atoms with E-state index in [1.54, 1.807) is 32.9 Å². The van der Waals surface area contributed by atoms with Crippen LogP contribution in [0.4, 0.5) is 0 Å². The Bertz CT molecular complexity index is 2380. The van der Waals surface area contributed by atoms with Crippen LogP contribution < -0.4 is 4.74 Å². The monoisotopic (exact) mass is 868 g/mol. The van der Waals surface area contributed by atoms with Gasteiger partial charge in [0.15, 0.2) is 6.61 Å². The van der Waals surface area contributed by atoms with E-state index in [1.165, 1.54) is 11.6 Å². The van der Waals surface area contributed by atoms with E-state index in [9.17, 15) is 26.7 Å². The third kappa shape index (κ3) is 9.99. The fourth-order valence-corrected chi connectivity index (χ4v) is 12.5. The zero-order valence-electron chi connectivity index (χ0n) is 35.8. The number of aliphatic carboxylic acids is 1. The lowest BCUT2D eigenvalue weighted by Crippen LogP contribution is -2.53. The maximum Gasteiger partial charge on any atom is 0.341 e. The number of hydrogen-bond donors (Lipinski definition) is 1. The molecule has 0 aliphatic carbocycles. The highest BCUT2D eigenvalue weighted by atomic mass is 32.2. The van der Waals surface area contributed by atoms with Gasteiger partial charge in [0.05, 0.1) is 22.0 Å². The minimum Gasteiger partial charge on any atom is -0.482 e. The number of ether oxygens (including phenoxy) is 2. The Labute approximate surface area is 362 Å². The summed E-state index contributed by atoms with van der Waals surface area (Å²) in [7, 11) is -7.68. The van der Waals surface area contributed by atoms with Gasteiger partial charge in [-0.2, -0.15) is 8.61 Å². The van der Waals surface area contributed by atoms with Crippen molar-refractivity contribution in [3.8, 4) is 5.75 Å². The van der Waals surface area contributed by atoms with Crippen molar-refractivity contribution in [2.24, 2.45) is 17.3 Å². The molecule has 10 nitrogen and oxygen atoms in total. The molecule has 3 aliphatic rings. The molecule has 4 aromatic carbocycles. The van der Waals surface area contributed by atoms with Gasteiger partial charge in [-0.15, -0.1) is 0 Å². The maximum atomic E-state index is 14.4. The smallest absolute Gasteiger partial charge is 0.341 e. The van der Waals surface area contributed by atoms with Gasteiger partial charge in [-0.1, -0.05) is 106 Å². The normalized spacial score (nSPS) is 21.9. The summed E-state index contributed by atoms with van der Waals surface area (Å²) < 4.78 is 73.1. The van der Waals surface area contributed by atoms with E-state index < -0.39 is 44.1 Å². The van der Waals surface area contributed by atoms with Gasteiger partial charge >= 0.3 is 5.97 Å². The van der Waals surface area contributed by atoms with Crippen molar-refractivity contribution in [1.29, 1.82) is 0 Å². The summed E-state index contributed by atoms with van der Waals surface area (Å²) in [4.78, 5) is 12.2. The highest BCUT2D eigenvalue weighted by Crippen LogP contribution is 2.55. The van der Waals surface area contributed by atoms with Gasteiger partial charge < -0.3 is 14.6 Å². The van der Waals surface area contributed by atoms with Gasteiger partial charge in [-0.05, 0) is 110 Å². The number of benzene rings is 4. The Hall–Kier alpha value is -4.33. The van der Waals surface area contributed by atoms with Gasteiger partial charge in [0, 0.05) is 43.1 Å². The van der Waals surface area contributed by atoms with Crippen LogP contribution in [-0.4, -0.2) is 75.4 Å². The summed E-state index contributed by atoms with van der Waals surface area (Å²) in [6.07, 6.45) is 3.56. The molecule has 12 heteroatoms. The van der Waals surface area contributed by atoms with Crippen LogP contribution in [-0.2, 0) is 47.8 Å². The van der Waals surface area contributed by atoms with Crippen molar-refractivity contribution in [1.82, 2.24) is 8.61 Å². The minimum absolute atomic E-state index is 0.102. The molecule has 61 heavy (non-hydrogen) atoms. The average Bonchev–Trinajstić information content (AvgIpc) is 3.24. The number of sulfonamides is 2. The Morgan fingerprint density at radius 2 is 1.33 bits per heavy atom. The molecule has 3 aliphatic heterocycles. The summed E-state index contributed by atoms with van der Waals surface area (Å²) in [6, 6.07) is 32.2. The second-order valence-corrected chi connectivity index (χ2v) is 22.2. The molecule has 1 spiro atoms. The molecule has 0 saturated carbocycles. The molecule has 3 fully saturated rings. The van der Waals surface area contributed by atoms with Crippen molar-refractivity contribution < 1.29 is 36.2 Å². The molecule has 326 valence electrons. The van der Waals surface area contributed by atoms with Crippen molar-refractivity contribution in [3.63, 3.8) is 0 Å². The van der Waals surface area contributed by atoms with Crippen LogP contribution in [0, 0.1) is 17.3 Å². The molecule has 0 aromatic heterocycles. The van der Waals surface area contributed by atoms with Gasteiger partial charge in [0.1, 0.15) is 5.75 Å². The third-order valence-corrected chi connectivity index (χ3v) is 17.0. The molecular weight excluding hydrogens is 809 g/mol. The van der Waals surface area contributed by atoms with Crippen molar-refractivity contribution in [2.45, 2.75) is 100 Å². The zero-order chi connectivity index (χ0) is 43.6. The number of nitrogens with zero attached hydrogens (tertiary/aromatic N) is 2. The van der Waals surface area contributed by atoms with Crippen LogP contribution in [0.15, 0.2) is 125 Å². The van der Waals surface area contributed by atoms with Crippen LogP contribution in [0.25, 0.3) is 0 Å². The van der Waals surface area contributed by atoms with Crippen LogP contribution in [0.3, 0.4) is 0 Å². The van der Waals surface area contributed by atoms with Crippen molar-refractivity contribution in [3.05, 3.63) is 138 Å². The molecule has 3 atom stereocenters. The Morgan fingerprint density at radius 3 is 1.89 bits per heavy atom. The van der Waals surface area contributed by atoms with E-state index in [4.69, 9.17) is 9.47 Å². The standard InChI is InChI=1S/C49H60N2O8S2/c1-35(2)43-33-49(24-28-51(29-25-49)60(54,55)40-18-16-39(17-19-40)48(3,4)5)45(31-37-14-10-7-11-15-37)59-47(43)42-32-41(20-21-44(42)58-34-46(52)53)61(56,57)50-26-22-38(23-27-50)30-36-12-8-6-9-13-36/h6-21,32,38,43,45,47H,1,22-31,33-34H2,2-5H3,(H,52,53)/t43-,45+,47-/m0/s1. The summed E-state index contributed by atoms with van der Waals surface area (Å²) in [6.45, 7) is 13.4. The maximum absolute atomic E-state index is 14.4. The van der Waals surface area contributed by atoms with E-state index in [1.807, 2.05) is 55.5 Å². The molecule has 7 rings (SSSR count). The Morgan fingerprint density at radius 1 is 0.787 bits per heavy atom. The molecule has 1 N–H and O–H groups in total. The molecule has 4 aromatic rings. The largest absolute Gasteiger partial charge is 0.482 e. The van der Waals surface area contributed by atoms with Gasteiger partial charge in [0.25, 0.3) is 0 Å². The second-order valence-electron chi connectivity index (χ2n) is 18.4. The van der Waals surface area contributed by atoms with E-state index in [-0.39, 0.29) is 33.0 Å². The fraction of sp³-hybridized carbons (Fsp3) is 0.449. The van der Waals surface area contributed by atoms with Gasteiger partial charge in [-0.3, -0.25) is 0 Å². The number of rotatable bonds is 13. The van der Waals surface area contributed by atoms with E-state index >= 15 is 0 Å². The summed E-state index contributed by atoms with van der Waals surface area (Å²) in [5.74, 6) is -0.843. The highest BCUT2D eigenvalue weighted by Gasteiger charge is 2.52. The van der Waals surface area contributed by atoms with E-state index in [0.29, 0.717) is 63.3 Å². The predicted octanol–water partition coefficient (Wildman–Crippen LogP) is 8.83. The number of carboxylic acids is 1. The molecule has 3 heterocycles. The second kappa shape index (κ2) is 18.2. The summed E-state index contributed by atoms with van der Waals surface area (Å²) in [5, 5.41) is 9.63. The van der Waals surface area contributed by atoms with Gasteiger partial charge in [-0.25, -0.2) is 21.6 Å². The SMILES string of the molecule is C=C(C)[C@@H]1CC2(CCN(S(=O)(=O)c3ccc(C(C)(C)C)cc3)CC2)[C@@H](Cc2ccccc2)O[C@H]1c1cc(S(=O)(=O)N2CCC(Cc3ccccc3)CC2)ccc1OCC(=O)O. The minimum atomic E-state index is -3.93. The Kier molecular flexibility index (Phi) is 13.3. The third-order valence-electron chi connectivity index (χ3n) is 13.2. The predicted molar refractivity (Wildman–Crippen MR) is 237 cm³/mol. The van der Waals surface area contributed by atoms with Crippen LogP contribution in [0.5, 0.6) is 5.75 Å².